The summed E-state index contributed by atoms with van der Waals surface area (Å²) in [6.45, 7) is 0.828. The molecule has 1 fully saturated rings. The number of nitrogens with zero attached hydrogens (tertiary/aromatic N) is 2. The van der Waals surface area contributed by atoms with Crippen molar-refractivity contribution in [2.75, 3.05) is 22.9 Å². The van der Waals surface area contributed by atoms with Gasteiger partial charge >= 0.3 is 0 Å². The van der Waals surface area contributed by atoms with Crippen LogP contribution < -0.4 is 10.6 Å². The van der Waals surface area contributed by atoms with Gasteiger partial charge in [0.2, 0.25) is 5.91 Å². The number of hydrogen-bond donors (Lipinski definition) is 1. The number of nitrogen functional groups attached to an aromatic ring is 1. The number of carbonyl (C=O) groups excluding carboxylic acids is 3. The SMILES string of the molecule is Nc1cccc2c1CCCN2C(=O)c1cccc(CN2C(=O)CSC2=O)c1. The molecule has 1 saturated heterocycles. The van der Waals surface area contributed by atoms with Crippen LogP contribution in [0.3, 0.4) is 0 Å². The van der Waals surface area contributed by atoms with Gasteiger partial charge < -0.3 is 10.6 Å². The quantitative estimate of drug-likeness (QED) is 0.826. The Hall–Kier alpha value is -2.80. The Morgan fingerprint density at radius 1 is 1.15 bits per heavy atom. The third-order valence-electron chi connectivity index (χ3n) is 4.89. The zero-order chi connectivity index (χ0) is 19.0. The van der Waals surface area contributed by atoms with E-state index >= 15 is 0 Å². The number of benzene rings is 2. The van der Waals surface area contributed by atoms with Crippen molar-refractivity contribution >= 4 is 40.2 Å². The van der Waals surface area contributed by atoms with E-state index in [-0.39, 0.29) is 29.4 Å². The molecule has 2 N–H and O–H groups in total. The van der Waals surface area contributed by atoms with Crippen LogP contribution in [-0.2, 0) is 17.8 Å². The van der Waals surface area contributed by atoms with Crippen LogP contribution in [-0.4, -0.2) is 34.3 Å². The Bertz CT molecular complexity index is 928. The highest BCUT2D eigenvalue weighted by atomic mass is 32.2. The lowest BCUT2D eigenvalue weighted by Crippen LogP contribution is -2.36. The van der Waals surface area contributed by atoms with E-state index in [0.717, 1.165) is 41.4 Å². The van der Waals surface area contributed by atoms with Crippen molar-refractivity contribution in [2.45, 2.75) is 19.4 Å². The number of fused-ring (bicyclic) bond motifs is 1. The molecule has 0 saturated carbocycles. The van der Waals surface area contributed by atoms with Gasteiger partial charge in [-0.25, -0.2) is 0 Å². The summed E-state index contributed by atoms with van der Waals surface area (Å²) in [6.07, 6.45) is 1.73. The van der Waals surface area contributed by atoms with E-state index < -0.39 is 0 Å². The number of anilines is 2. The van der Waals surface area contributed by atoms with Gasteiger partial charge in [0.05, 0.1) is 12.3 Å². The van der Waals surface area contributed by atoms with Crippen LogP contribution in [0.2, 0.25) is 0 Å². The van der Waals surface area contributed by atoms with Crippen molar-refractivity contribution in [3.63, 3.8) is 0 Å². The second kappa shape index (κ2) is 7.08. The number of rotatable bonds is 3. The number of carbonyl (C=O) groups is 3. The molecular formula is C20H19N3O3S. The molecule has 0 aromatic heterocycles. The largest absolute Gasteiger partial charge is 0.398 e. The number of hydrogen-bond acceptors (Lipinski definition) is 5. The van der Waals surface area contributed by atoms with Crippen molar-refractivity contribution < 1.29 is 14.4 Å². The normalized spacial score (nSPS) is 16.6. The lowest BCUT2D eigenvalue weighted by molar-refractivity contribution is -0.125. The maximum Gasteiger partial charge on any atom is 0.289 e. The van der Waals surface area contributed by atoms with Crippen molar-refractivity contribution in [1.29, 1.82) is 0 Å². The standard InChI is InChI=1S/C20H19N3O3S/c21-16-7-2-8-17-15(16)6-3-9-22(17)19(25)14-5-1-4-13(10-14)11-23-18(24)12-27-20(23)26/h1-2,4-5,7-8,10H,3,6,9,11-12,21H2. The first-order valence-electron chi connectivity index (χ1n) is 8.80. The highest BCUT2D eigenvalue weighted by molar-refractivity contribution is 8.14. The fraction of sp³-hybridized carbons (Fsp3) is 0.250. The third kappa shape index (κ3) is 3.30. The Morgan fingerprint density at radius 2 is 1.96 bits per heavy atom. The predicted octanol–water partition coefficient (Wildman–Crippen LogP) is 3.06. The van der Waals surface area contributed by atoms with Crippen LogP contribution in [0.4, 0.5) is 16.2 Å². The van der Waals surface area contributed by atoms with Crippen LogP contribution in [0.15, 0.2) is 42.5 Å². The van der Waals surface area contributed by atoms with Crippen molar-refractivity contribution in [3.05, 3.63) is 59.2 Å². The summed E-state index contributed by atoms with van der Waals surface area (Å²) in [5.41, 5.74) is 9.95. The van der Waals surface area contributed by atoms with Gasteiger partial charge in [0.25, 0.3) is 11.1 Å². The van der Waals surface area contributed by atoms with Gasteiger partial charge in [-0.3, -0.25) is 19.3 Å². The van der Waals surface area contributed by atoms with Gasteiger partial charge in [0, 0.05) is 23.5 Å². The molecule has 4 rings (SSSR count). The molecule has 0 spiro atoms. The molecule has 0 aliphatic carbocycles. The van der Waals surface area contributed by atoms with E-state index in [9.17, 15) is 14.4 Å². The molecule has 2 aliphatic heterocycles. The van der Waals surface area contributed by atoms with E-state index in [2.05, 4.69) is 0 Å². The minimum Gasteiger partial charge on any atom is -0.398 e. The van der Waals surface area contributed by atoms with Crippen LogP contribution in [0.1, 0.15) is 27.9 Å². The minimum atomic E-state index is -0.239. The van der Waals surface area contributed by atoms with Crippen molar-refractivity contribution in [1.82, 2.24) is 4.90 Å². The van der Waals surface area contributed by atoms with E-state index in [0.29, 0.717) is 17.8 Å². The zero-order valence-corrected chi connectivity index (χ0v) is 15.5. The summed E-state index contributed by atoms with van der Waals surface area (Å²) >= 11 is 1.01. The molecule has 0 unspecified atom stereocenters. The maximum absolute atomic E-state index is 13.1. The number of amides is 3. The Morgan fingerprint density at radius 3 is 2.74 bits per heavy atom. The number of nitrogens with two attached hydrogens (primary N) is 1. The summed E-state index contributed by atoms with van der Waals surface area (Å²) in [7, 11) is 0. The van der Waals surface area contributed by atoms with Crippen molar-refractivity contribution in [2.24, 2.45) is 0 Å². The second-order valence-electron chi connectivity index (χ2n) is 6.64. The Labute approximate surface area is 161 Å². The van der Waals surface area contributed by atoms with Crippen LogP contribution >= 0.6 is 11.8 Å². The molecule has 3 amide bonds. The number of imide groups is 1. The molecule has 0 bridgehead atoms. The maximum atomic E-state index is 13.1. The molecular weight excluding hydrogens is 362 g/mol. The fourth-order valence-corrected chi connectivity index (χ4v) is 4.26. The van der Waals surface area contributed by atoms with Crippen LogP contribution in [0, 0.1) is 0 Å². The average molecular weight is 381 g/mol. The van der Waals surface area contributed by atoms with E-state index in [1.165, 1.54) is 4.90 Å². The topological polar surface area (TPSA) is 83.7 Å². The zero-order valence-electron chi connectivity index (χ0n) is 14.7. The average Bonchev–Trinajstić information content (AvgIpc) is 3.00. The third-order valence-corrected chi connectivity index (χ3v) is 5.75. The van der Waals surface area contributed by atoms with Crippen molar-refractivity contribution in [3.8, 4) is 0 Å². The van der Waals surface area contributed by atoms with E-state index in [4.69, 9.17) is 5.73 Å². The van der Waals surface area contributed by atoms with Gasteiger partial charge in [0.15, 0.2) is 0 Å². The molecule has 138 valence electrons. The van der Waals surface area contributed by atoms with E-state index in [1.807, 2.05) is 24.3 Å². The Kier molecular flexibility index (Phi) is 4.61. The molecule has 6 nitrogen and oxygen atoms in total. The molecule has 7 heteroatoms. The minimum absolute atomic E-state index is 0.100. The molecule has 0 atom stereocenters. The summed E-state index contributed by atoms with van der Waals surface area (Å²) in [6, 6.07) is 12.8. The van der Waals surface area contributed by atoms with Gasteiger partial charge in [-0.05, 0) is 48.2 Å². The first-order chi connectivity index (χ1) is 13.0. The van der Waals surface area contributed by atoms with Gasteiger partial charge in [-0.15, -0.1) is 0 Å². The van der Waals surface area contributed by atoms with Crippen LogP contribution in [0.5, 0.6) is 0 Å². The molecule has 0 radical (unpaired) electrons. The highest BCUT2D eigenvalue weighted by Gasteiger charge is 2.30. The lowest BCUT2D eigenvalue weighted by Gasteiger charge is -2.30. The van der Waals surface area contributed by atoms with Gasteiger partial charge in [-0.2, -0.15) is 0 Å². The number of thioether (sulfide) groups is 1. The molecule has 2 aliphatic rings. The highest BCUT2D eigenvalue weighted by Crippen LogP contribution is 2.32. The molecule has 2 aromatic rings. The second-order valence-corrected chi connectivity index (χ2v) is 7.57. The molecule has 2 aromatic carbocycles. The Balaban J connectivity index is 1.60. The monoisotopic (exact) mass is 381 g/mol. The predicted molar refractivity (Wildman–Crippen MR) is 106 cm³/mol. The first-order valence-corrected chi connectivity index (χ1v) is 9.78. The summed E-state index contributed by atoms with van der Waals surface area (Å²) in [5, 5.41) is -0.239. The summed E-state index contributed by atoms with van der Waals surface area (Å²) in [4.78, 5) is 39.7. The lowest BCUT2D eigenvalue weighted by atomic mass is 9.98. The summed E-state index contributed by atoms with van der Waals surface area (Å²) in [5.74, 6) is -0.109. The van der Waals surface area contributed by atoms with E-state index in [1.54, 1.807) is 23.1 Å². The molecule has 27 heavy (non-hydrogen) atoms. The smallest absolute Gasteiger partial charge is 0.289 e. The van der Waals surface area contributed by atoms with Gasteiger partial charge in [-0.1, -0.05) is 30.0 Å². The van der Waals surface area contributed by atoms with Crippen LogP contribution in [0.25, 0.3) is 0 Å². The van der Waals surface area contributed by atoms with Gasteiger partial charge in [0.1, 0.15) is 0 Å². The summed E-state index contributed by atoms with van der Waals surface area (Å²) < 4.78 is 0. The molecule has 2 heterocycles. The first kappa shape index (κ1) is 17.6. The fourth-order valence-electron chi connectivity index (χ4n) is 3.54.